The predicted octanol–water partition coefficient (Wildman–Crippen LogP) is 7.21. The normalized spacial score (nSPS) is 45.7. The number of ether oxygens (including phenoxy) is 3. The first-order valence-corrected chi connectivity index (χ1v) is 16.5. The second kappa shape index (κ2) is 10.7. The zero-order valence-corrected chi connectivity index (χ0v) is 26.3. The van der Waals surface area contributed by atoms with E-state index in [-0.39, 0.29) is 52.6 Å². The molecule has 0 bridgehead atoms. The van der Waals surface area contributed by atoms with E-state index in [1.54, 1.807) is 0 Å². The van der Waals surface area contributed by atoms with Crippen molar-refractivity contribution in [2.45, 2.75) is 136 Å². The maximum atomic E-state index is 12.4. The Hall–Kier alpha value is -2.21. The van der Waals surface area contributed by atoms with Gasteiger partial charge in [0.1, 0.15) is 24.1 Å². The molecular weight excluding hydrogens is 528 g/mol. The fourth-order valence-electron chi connectivity index (χ4n) is 9.94. The molecule has 5 aliphatic carbocycles. The SMILES string of the molecule is C=C1C(=O)OC2C1CCC(C)=CCCC1(C)OC21.CC(=O)OC1CCC2(C)C(=CCC3C4CCC(=O)C4(C)CCC32)C1. The second-order valence-electron chi connectivity index (χ2n) is 15.1. The summed E-state index contributed by atoms with van der Waals surface area (Å²) in [5.74, 6) is 2.23. The van der Waals surface area contributed by atoms with Gasteiger partial charge in [-0.25, -0.2) is 4.79 Å². The topological polar surface area (TPSA) is 82.2 Å². The number of hydrogen-bond donors (Lipinski definition) is 0. The summed E-state index contributed by atoms with van der Waals surface area (Å²) in [5, 5.41) is 0. The van der Waals surface area contributed by atoms with Crippen LogP contribution in [0.25, 0.3) is 0 Å². The smallest absolute Gasteiger partial charge is 0.334 e. The van der Waals surface area contributed by atoms with E-state index in [1.165, 1.54) is 24.5 Å². The van der Waals surface area contributed by atoms with Crippen LogP contribution in [-0.2, 0) is 28.6 Å². The molecule has 2 heterocycles. The van der Waals surface area contributed by atoms with Crippen molar-refractivity contribution in [2.75, 3.05) is 0 Å². The Morgan fingerprint density at radius 2 is 1.71 bits per heavy atom. The fourth-order valence-corrected chi connectivity index (χ4v) is 9.94. The van der Waals surface area contributed by atoms with Gasteiger partial charge in [0, 0.05) is 36.7 Å². The lowest BCUT2D eigenvalue weighted by molar-refractivity contribution is -0.148. The van der Waals surface area contributed by atoms with Crippen molar-refractivity contribution in [1.29, 1.82) is 0 Å². The van der Waals surface area contributed by atoms with Crippen LogP contribution in [0.3, 0.4) is 0 Å². The van der Waals surface area contributed by atoms with Gasteiger partial charge in [0.2, 0.25) is 0 Å². The van der Waals surface area contributed by atoms with Crippen LogP contribution in [0.15, 0.2) is 35.5 Å². The highest BCUT2D eigenvalue weighted by molar-refractivity contribution is 5.91. The third-order valence-corrected chi connectivity index (χ3v) is 12.7. The molecule has 42 heavy (non-hydrogen) atoms. The molecule has 0 aromatic carbocycles. The van der Waals surface area contributed by atoms with Crippen LogP contribution in [-0.4, -0.2) is 41.6 Å². The van der Waals surface area contributed by atoms with Gasteiger partial charge in [0.05, 0.1) is 5.60 Å². The number of esters is 2. The lowest BCUT2D eigenvalue weighted by Gasteiger charge is -2.56. The Labute approximate surface area is 251 Å². The van der Waals surface area contributed by atoms with Gasteiger partial charge in [0.15, 0.2) is 0 Å². The van der Waals surface area contributed by atoms with E-state index in [2.05, 4.69) is 46.4 Å². The van der Waals surface area contributed by atoms with Crippen molar-refractivity contribution < 1.29 is 28.6 Å². The number of carbonyl (C=O) groups is 3. The molecule has 10 atom stereocenters. The third-order valence-electron chi connectivity index (χ3n) is 12.7. The Morgan fingerprint density at radius 1 is 0.976 bits per heavy atom. The summed E-state index contributed by atoms with van der Waals surface area (Å²) in [7, 11) is 0. The summed E-state index contributed by atoms with van der Waals surface area (Å²) in [4.78, 5) is 35.4. The summed E-state index contributed by atoms with van der Waals surface area (Å²) in [6, 6.07) is 0. The zero-order valence-electron chi connectivity index (χ0n) is 26.3. The molecule has 10 unspecified atom stereocenters. The monoisotopic (exact) mass is 578 g/mol. The zero-order chi connectivity index (χ0) is 30.0. The van der Waals surface area contributed by atoms with E-state index in [4.69, 9.17) is 14.2 Å². The van der Waals surface area contributed by atoms with Gasteiger partial charge in [-0.2, -0.15) is 0 Å². The molecule has 230 valence electrons. The van der Waals surface area contributed by atoms with Crippen LogP contribution in [0.5, 0.6) is 0 Å². The van der Waals surface area contributed by atoms with Crippen molar-refractivity contribution in [3.63, 3.8) is 0 Å². The van der Waals surface area contributed by atoms with Crippen LogP contribution in [0.2, 0.25) is 0 Å². The van der Waals surface area contributed by atoms with Crippen molar-refractivity contribution in [3.8, 4) is 0 Å². The standard InChI is InChI=1S/C21H30O3.C15H20O3/c1-13(22)24-15-8-10-20(2)14(12-15)4-5-16-17-6-7-19(23)21(17,3)11-9-18(16)20;1-9-5-4-8-15(3)13(18-15)12-11(7-6-9)10(2)14(16)17-12/h4,15-18H,5-12H2,1-3H3;5,11-13H,2,4,6-8H2,1,3H3. The highest BCUT2D eigenvalue weighted by Gasteiger charge is 2.61. The molecule has 6 heteroatoms. The number of carbonyl (C=O) groups excluding carboxylic acids is 3. The molecule has 5 fully saturated rings. The first-order chi connectivity index (χ1) is 19.9. The molecule has 6 nitrogen and oxygen atoms in total. The highest BCUT2D eigenvalue weighted by Crippen LogP contribution is 2.64. The van der Waals surface area contributed by atoms with Crippen molar-refractivity contribution in [1.82, 2.24) is 0 Å². The summed E-state index contributed by atoms with van der Waals surface area (Å²) >= 11 is 0. The van der Waals surface area contributed by atoms with Crippen LogP contribution in [0, 0.1) is 34.5 Å². The van der Waals surface area contributed by atoms with Gasteiger partial charge in [0.25, 0.3) is 0 Å². The minimum atomic E-state index is -0.233. The van der Waals surface area contributed by atoms with Gasteiger partial charge < -0.3 is 14.2 Å². The largest absolute Gasteiger partial charge is 0.462 e. The molecule has 0 spiro atoms. The predicted molar refractivity (Wildman–Crippen MR) is 160 cm³/mol. The Bertz CT molecular complexity index is 1230. The van der Waals surface area contributed by atoms with Crippen LogP contribution >= 0.6 is 0 Å². The molecule has 2 saturated heterocycles. The van der Waals surface area contributed by atoms with E-state index in [0.717, 1.165) is 70.6 Å². The fraction of sp³-hybridized carbons (Fsp3) is 0.750. The molecule has 0 N–H and O–H groups in total. The van der Waals surface area contributed by atoms with E-state index >= 15 is 0 Å². The van der Waals surface area contributed by atoms with E-state index in [9.17, 15) is 14.4 Å². The first-order valence-electron chi connectivity index (χ1n) is 16.5. The quantitative estimate of drug-likeness (QED) is 0.142. The first kappa shape index (κ1) is 29.8. The molecule has 0 amide bonds. The maximum absolute atomic E-state index is 12.4. The summed E-state index contributed by atoms with van der Waals surface area (Å²) < 4.78 is 16.8. The summed E-state index contributed by atoms with van der Waals surface area (Å²) in [6.07, 6.45) is 17.1. The van der Waals surface area contributed by atoms with Crippen molar-refractivity contribution in [2.24, 2.45) is 34.5 Å². The number of epoxide rings is 1. The summed E-state index contributed by atoms with van der Waals surface area (Å²) in [6.45, 7) is 14.4. The Kier molecular flexibility index (Phi) is 7.64. The minimum absolute atomic E-state index is 0.0438. The van der Waals surface area contributed by atoms with Gasteiger partial charge in [-0.05, 0) is 101 Å². The number of fused-ring (bicyclic) bond motifs is 8. The van der Waals surface area contributed by atoms with Gasteiger partial charge in [-0.15, -0.1) is 0 Å². The summed E-state index contributed by atoms with van der Waals surface area (Å²) in [5.41, 5.74) is 3.65. The Morgan fingerprint density at radius 3 is 2.48 bits per heavy atom. The van der Waals surface area contributed by atoms with E-state index in [1.807, 2.05) is 0 Å². The number of Topliss-reactive ketones (excluding diaryl/α,β-unsaturated/α-hetero) is 1. The molecule has 0 radical (unpaired) electrons. The molecule has 2 aliphatic heterocycles. The molecule has 3 saturated carbocycles. The molecule has 7 rings (SSSR count). The molecule has 0 aromatic heterocycles. The number of allylic oxidation sites excluding steroid dienone is 3. The number of hydrogen-bond acceptors (Lipinski definition) is 6. The number of ketones is 1. The average molecular weight is 579 g/mol. The van der Waals surface area contributed by atoms with Crippen LogP contribution in [0.1, 0.15) is 112 Å². The third kappa shape index (κ3) is 5.04. The van der Waals surface area contributed by atoms with Gasteiger partial charge in [-0.1, -0.05) is 43.7 Å². The second-order valence-corrected chi connectivity index (χ2v) is 15.1. The highest BCUT2D eigenvalue weighted by atomic mass is 16.6. The lowest BCUT2D eigenvalue weighted by atomic mass is 9.48. The lowest BCUT2D eigenvalue weighted by Crippen LogP contribution is -2.50. The van der Waals surface area contributed by atoms with Crippen LogP contribution < -0.4 is 0 Å². The van der Waals surface area contributed by atoms with Crippen molar-refractivity contribution >= 4 is 17.7 Å². The maximum Gasteiger partial charge on any atom is 0.334 e. The minimum Gasteiger partial charge on any atom is -0.462 e. The van der Waals surface area contributed by atoms with E-state index < -0.39 is 0 Å². The van der Waals surface area contributed by atoms with Gasteiger partial charge in [-0.3, -0.25) is 9.59 Å². The van der Waals surface area contributed by atoms with Crippen LogP contribution in [0.4, 0.5) is 0 Å². The average Bonchev–Trinajstić information content (AvgIpc) is 3.39. The van der Waals surface area contributed by atoms with Gasteiger partial charge >= 0.3 is 11.9 Å². The molecule has 0 aromatic rings. The van der Waals surface area contributed by atoms with E-state index in [0.29, 0.717) is 29.1 Å². The number of rotatable bonds is 1. The Balaban J connectivity index is 0.000000157. The molecular formula is C36H50O6. The molecule has 7 aliphatic rings. The van der Waals surface area contributed by atoms with Crippen molar-refractivity contribution in [3.05, 3.63) is 35.5 Å².